The van der Waals surface area contributed by atoms with E-state index in [1.165, 1.54) is 0 Å². The number of imidazole rings is 1. The van der Waals surface area contributed by atoms with Crippen molar-refractivity contribution in [1.29, 1.82) is 0 Å². The third-order valence-corrected chi connectivity index (χ3v) is 2.87. The molecule has 19 heavy (non-hydrogen) atoms. The van der Waals surface area contributed by atoms with Gasteiger partial charge in [0, 0.05) is 5.56 Å². The molecule has 6 heteroatoms. The van der Waals surface area contributed by atoms with Crippen LogP contribution in [0.15, 0.2) is 18.2 Å². The van der Waals surface area contributed by atoms with Crippen molar-refractivity contribution in [2.75, 3.05) is 12.8 Å². The minimum atomic E-state index is -1.09. The van der Waals surface area contributed by atoms with E-state index in [-0.39, 0.29) is 11.6 Å². The molecule has 0 bridgehead atoms. The number of aryl methyl sites for hydroxylation is 1. The van der Waals surface area contributed by atoms with E-state index < -0.39 is 5.97 Å². The van der Waals surface area contributed by atoms with Crippen LogP contribution in [0.2, 0.25) is 0 Å². The highest BCUT2D eigenvalue weighted by Gasteiger charge is 2.17. The van der Waals surface area contributed by atoms with Gasteiger partial charge >= 0.3 is 5.97 Å². The number of benzene rings is 1. The maximum atomic E-state index is 11.1. The smallest absolute Gasteiger partial charge is 0.354 e. The van der Waals surface area contributed by atoms with Gasteiger partial charge in [0.05, 0.1) is 7.11 Å². The summed E-state index contributed by atoms with van der Waals surface area (Å²) in [5.74, 6) is -0.235. The number of aromatic nitrogens is 2. The summed E-state index contributed by atoms with van der Waals surface area (Å²) in [6, 6.07) is 5.42. The molecule has 2 aromatic rings. The van der Waals surface area contributed by atoms with Gasteiger partial charge in [-0.05, 0) is 30.2 Å². The molecule has 0 radical (unpaired) electrons. The van der Waals surface area contributed by atoms with E-state index >= 15 is 0 Å². The molecule has 1 aromatic heterocycles. The van der Waals surface area contributed by atoms with Gasteiger partial charge in [0.25, 0.3) is 0 Å². The summed E-state index contributed by atoms with van der Waals surface area (Å²) in [7, 11) is 1.60. The van der Waals surface area contributed by atoms with Crippen molar-refractivity contribution in [1.82, 2.24) is 9.97 Å². The third-order valence-electron chi connectivity index (χ3n) is 2.87. The molecule has 1 aromatic carbocycles. The Labute approximate surface area is 110 Å². The predicted octanol–water partition coefficient (Wildman–Crippen LogP) is 1.93. The summed E-state index contributed by atoms with van der Waals surface area (Å²) < 4.78 is 5.24. The van der Waals surface area contributed by atoms with E-state index in [1.54, 1.807) is 19.2 Å². The Hall–Kier alpha value is -2.50. The Morgan fingerprint density at radius 1 is 1.53 bits per heavy atom. The number of nitrogens with two attached hydrogens (primary N) is 1. The summed E-state index contributed by atoms with van der Waals surface area (Å²) in [5.41, 5.74) is 7.53. The molecule has 0 fully saturated rings. The number of methoxy groups -OCH3 is 1. The summed E-state index contributed by atoms with van der Waals surface area (Å²) >= 11 is 0. The van der Waals surface area contributed by atoms with E-state index in [1.807, 2.05) is 13.0 Å². The van der Waals surface area contributed by atoms with Gasteiger partial charge < -0.3 is 20.6 Å². The molecule has 6 nitrogen and oxygen atoms in total. The molecule has 1 heterocycles. The summed E-state index contributed by atoms with van der Waals surface area (Å²) in [4.78, 5) is 17.7. The number of hydrogen-bond donors (Lipinski definition) is 3. The second-order valence-electron chi connectivity index (χ2n) is 4.03. The summed E-state index contributed by atoms with van der Waals surface area (Å²) in [5, 5.41) is 9.12. The highest BCUT2D eigenvalue weighted by atomic mass is 16.5. The number of hydrogen-bond acceptors (Lipinski definition) is 4. The number of rotatable bonds is 4. The summed E-state index contributed by atoms with van der Waals surface area (Å²) in [6.45, 7) is 2.00. The van der Waals surface area contributed by atoms with E-state index in [0.717, 1.165) is 17.7 Å². The van der Waals surface area contributed by atoms with Gasteiger partial charge in [-0.2, -0.15) is 0 Å². The van der Waals surface area contributed by atoms with Crippen LogP contribution in [0.3, 0.4) is 0 Å². The molecule has 0 aliphatic carbocycles. The number of ether oxygens (including phenoxy) is 1. The van der Waals surface area contributed by atoms with Crippen LogP contribution in [-0.2, 0) is 6.42 Å². The van der Waals surface area contributed by atoms with Crippen LogP contribution in [0.5, 0.6) is 5.75 Å². The molecule has 0 aliphatic rings. The first-order chi connectivity index (χ1) is 9.06. The van der Waals surface area contributed by atoms with Gasteiger partial charge in [0.1, 0.15) is 11.4 Å². The molecule has 0 spiro atoms. The summed E-state index contributed by atoms with van der Waals surface area (Å²) in [6.07, 6.45) is 0.777. The third kappa shape index (κ3) is 2.37. The topological polar surface area (TPSA) is 101 Å². The van der Waals surface area contributed by atoms with Crippen LogP contribution >= 0.6 is 0 Å². The fourth-order valence-electron chi connectivity index (χ4n) is 1.96. The van der Waals surface area contributed by atoms with Crippen molar-refractivity contribution >= 4 is 11.9 Å². The lowest BCUT2D eigenvalue weighted by atomic mass is 10.0. The van der Waals surface area contributed by atoms with Crippen LogP contribution in [0, 0.1) is 0 Å². The normalized spacial score (nSPS) is 10.4. The van der Waals surface area contributed by atoms with Gasteiger partial charge in [-0.15, -0.1) is 0 Å². The minimum Gasteiger partial charge on any atom is -0.496 e. The average molecular weight is 261 g/mol. The molecule has 0 aliphatic heterocycles. The molecule has 0 atom stereocenters. The Morgan fingerprint density at radius 2 is 2.26 bits per heavy atom. The lowest BCUT2D eigenvalue weighted by molar-refractivity contribution is 0.0692. The number of nitrogens with zero attached hydrogens (tertiary/aromatic N) is 1. The Bertz CT molecular complexity index is 620. The average Bonchev–Trinajstić information content (AvgIpc) is 2.80. The van der Waals surface area contributed by atoms with Crippen LogP contribution in [0.1, 0.15) is 23.0 Å². The highest BCUT2D eigenvalue weighted by Crippen LogP contribution is 2.28. The fourth-order valence-corrected chi connectivity index (χ4v) is 1.96. The molecule has 4 N–H and O–H groups in total. The molecule has 0 saturated carbocycles. The predicted molar refractivity (Wildman–Crippen MR) is 71.3 cm³/mol. The molecule has 0 amide bonds. The van der Waals surface area contributed by atoms with Gasteiger partial charge in [-0.25, -0.2) is 9.78 Å². The van der Waals surface area contributed by atoms with Crippen molar-refractivity contribution in [2.45, 2.75) is 13.3 Å². The van der Waals surface area contributed by atoms with E-state index in [2.05, 4.69) is 9.97 Å². The van der Waals surface area contributed by atoms with Crippen LogP contribution in [0.4, 0.5) is 5.95 Å². The second-order valence-corrected chi connectivity index (χ2v) is 4.03. The minimum absolute atomic E-state index is 0.00952. The maximum absolute atomic E-state index is 11.1. The Balaban J connectivity index is 2.56. The first-order valence-electron chi connectivity index (χ1n) is 5.82. The number of aromatic carboxylic acids is 1. The molecule has 0 saturated heterocycles. The standard InChI is InChI=1S/C13H15N3O3/c1-3-7-6-8(4-5-9(7)19-2)10-11(12(17)18)16-13(14)15-10/h4-6H,3H2,1-2H3,(H,17,18)(H3,14,15,16). The number of carbonyl (C=O) groups is 1. The molecule has 0 unspecified atom stereocenters. The van der Waals surface area contributed by atoms with E-state index in [4.69, 9.17) is 15.6 Å². The fraction of sp³-hybridized carbons (Fsp3) is 0.231. The number of H-pyrrole nitrogens is 1. The van der Waals surface area contributed by atoms with Crippen molar-refractivity contribution < 1.29 is 14.6 Å². The molecular weight excluding hydrogens is 246 g/mol. The lowest BCUT2D eigenvalue weighted by Gasteiger charge is -2.08. The number of nitrogens with one attached hydrogen (secondary N) is 1. The maximum Gasteiger partial charge on any atom is 0.354 e. The lowest BCUT2D eigenvalue weighted by Crippen LogP contribution is -2.00. The number of nitrogen functional groups attached to an aromatic ring is 1. The number of aromatic amines is 1. The van der Waals surface area contributed by atoms with E-state index in [9.17, 15) is 4.79 Å². The zero-order valence-electron chi connectivity index (χ0n) is 10.7. The monoisotopic (exact) mass is 261 g/mol. The van der Waals surface area contributed by atoms with Gasteiger partial charge in [-0.1, -0.05) is 6.92 Å². The number of anilines is 1. The van der Waals surface area contributed by atoms with Gasteiger partial charge in [0.2, 0.25) is 0 Å². The number of carboxylic acids is 1. The van der Waals surface area contributed by atoms with Crippen molar-refractivity contribution in [3.8, 4) is 17.0 Å². The highest BCUT2D eigenvalue weighted by molar-refractivity contribution is 5.93. The molecule has 2 rings (SSSR count). The van der Waals surface area contributed by atoms with Crippen LogP contribution < -0.4 is 10.5 Å². The number of carboxylic acid groups (broad SMARTS) is 1. The largest absolute Gasteiger partial charge is 0.496 e. The molecule has 100 valence electrons. The van der Waals surface area contributed by atoms with Crippen molar-refractivity contribution in [2.24, 2.45) is 0 Å². The van der Waals surface area contributed by atoms with Crippen molar-refractivity contribution in [3.05, 3.63) is 29.5 Å². The molecular formula is C13H15N3O3. The quantitative estimate of drug-likeness (QED) is 0.780. The zero-order valence-corrected chi connectivity index (χ0v) is 10.7. The first-order valence-corrected chi connectivity index (χ1v) is 5.82. The SMILES string of the molecule is CCc1cc(-c2nc(N)[nH]c2C(=O)O)ccc1OC. The van der Waals surface area contributed by atoms with Gasteiger partial charge in [-0.3, -0.25) is 0 Å². The van der Waals surface area contributed by atoms with Gasteiger partial charge in [0.15, 0.2) is 11.6 Å². The Kier molecular flexibility index (Phi) is 3.41. The van der Waals surface area contributed by atoms with Crippen molar-refractivity contribution in [3.63, 3.8) is 0 Å². The van der Waals surface area contributed by atoms with Crippen LogP contribution in [0.25, 0.3) is 11.3 Å². The second kappa shape index (κ2) is 5.01. The zero-order chi connectivity index (χ0) is 14.0. The Morgan fingerprint density at radius 3 is 2.84 bits per heavy atom. The van der Waals surface area contributed by atoms with E-state index in [0.29, 0.717) is 11.3 Å². The van der Waals surface area contributed by atoms with Crippen LogP contribution in [-0.4, -0.2) is 28.2 Å². The first kappa shape index (κ1) is 12.9.